The van der Waals surface area contributed by atoms with E-state index in [1.54, 1.807) is 7.05 Å². The van der Waals surface area contributed by atoms with E-state index in [0.717, 1.165) is 11.1 Å². The Bertz CT molecular complexity index is 558. The summed E-state index contributed by atoms with van der Waals surface area (Å²) in [6, 6.07) is 6.14. The normalized spacial score (nSPS) is 10.5. The van der Waals surface area contributed by atoms with E-state index in [4.69, 9.17) is 0 Å². The van der Waals surface area contributed by atoms with Crippen molar-refractivity contribution >= 4 is 5.78 Å². The molecule has 0 spiro atoms. The van der Waals surface area contributed by atoms with E-state index in [0.29, 0.717) is 12.1 Å². The van der Waals surface area contributed by atoms with Gasteiger partial charge in [0.15, 0.2) is 5.78 Å². The second kappa shape index (κ2) is 4.49. The van der Waals surface area contributed by atoms with E-state index in [1.165, 1.54) is 16.4 Å². The highest BCUT2D eigenvalue weighted by Gasteiger charge is 2.12. The van der Waals surface area contributed by atoms with E-state index in [2.05, 4.69) is 22.4 Å². The third-order valence-corrected chi connectivity index (χ3v) is 2.86. The van der Waals surface area contributed by atoms with E-state index in [1.807, 2.05) is 19.9 Å². The third-order valence-electron chi connectivity index (χ3n) is 2.86. The first-order valence-electron chi connectivity index (χ1n) is 5.52. The molecule has 0 radical (unpaired) electrons. The van der Waals surface area contributed by atoms with Crippen LogP contribution in [-0.4, -0.2) is 20.8 Å². The van der Waals surface area contributed by atoms with E-state index < -0.39 is 0 Å². The van der Waals surface area contributed by atoms with Crippen LogP contribution in [0.4, 0.5) is 0 Å². The van der Waals surface area contributed by atoms with Gasteiger partial charge in [-0.25, -0.2) is 4.68 Å². The summed E-state index contributed by atoms with van der Waals surface area (Å²) in [6.45, 7) is 4.04. The fourth-order valence-corrected chi connectivity index (χ4v) is 1.80. The zero-order valence-electron chi connectivity index (χ0n) is 10.3. The molecule has 0 aliphatic heterocycles. The summed E-state index contributed by atoms with van der Waals surface area (Å²) in [6.07, 6.45) is 1.90. The molecule has 17 heavy (non-hydrogen) atoms. The van der Waals surface area contributed by atoms with Crippen molar-refractivity contribution in [3.8, 4) is 0 Å². The first-order chi connectivity index (χ1) is 8.08. The van der Waals surface area contributed by atoms with E-state index in [-0.39, 0.29) is 5.78 Å². The lowest BCUT2D eigenvalue weighted by Crippen LogP contribution is -2.10. The van der Waals surface area contributed by atoms with Crippen molar-refractivity contribution in [2.75, 3.05) is 0 Å². The van der Waals surface area contributed by atoms with Gasteiger partial charge in [0.1, 0.15) is 5.69 Å². The number of benzene rings is 1. The minimum absolute atomic E-state index is 0.0474. The maximum atomic E-state index is 12.1. The van der Waals surface area contributed by atoms with Crippen molar-refractivity contribution in [1.29, 1.82) is 0 Å². The number of rotatable bonds is 3. The highest BCUT2D eigenvalue weighted by Crippen LogP contribution is 2.13. The lowest BCUT2D eigenvalue weighted by Gasteiger charge is -2.06. The molecular weight excluding hydrogens is 214 g/mol. The smallest absolute Gasteiger partial charge is 0.186 e. The number of nitrogens with zero attached hydrogens (tertiary/aromatic N) is 3. The topological polar surface area (TPSA) is 47.8 Å². The Morgan fingerprint density at radius 1 is 1.35 bits per heavy atom. The van der Waals surface area contributed by atoms with Crippen LogP contribution in [0.5, 0.6) is 0 Å². The molecule has 0 aliphatic carbocycles. The predicted octanol–water partition coefficient (Wildman–Crippen LogP) is 1.86. The number of aryl methyl sites for hydroxylation is 3. The lowest BCUT2D eigenvalue weighted by molar-refractivity contribution is 0.0984. The Kier molecular flexibility index (Phi) is 3.04. The number of aromatic nitrogens is 3. The summed E-state index contributed by atoms with van der Waals surface area (Å²) >= 11 is 0. The molecule has 0 atom stereocenters. The molecule has 1 aromatic carbocycles. The fraction of sp³-hybridized carbons (Fsp3) is 0.308. The van der Waals surface area contributed by atoms with Crippen molar-refractivity contribution in [1.82, 2.24) is 15.0 Å². The number of hydrogen-bond acceptors (Lipinski definition) is 3. The van der Waals surface area contributed by atoms with Gasteiger partial charge in [-0.15, -0.1) is 5.10 Å². The van der Waals surface area contributed by atoms with Crippen molar-refractivity contribution in [3.05, 3.63) is 46.8 Å². The average molecular weight is 229 g/mol. The van der Waals surface area contributed by atoms with Gasteiger partial charge in [0.05, 0.1) is 6.20 Å². The first-order valence-corrected chi connectivity index (χ1v) is 5.52. The average Bonchev–Trinajstić information content (AvgIpc) is 2.70. The van der Waals surface area contributed by atoms with Crippen molar-refractivity contribution < 1.29 is 4.79 Å². The van der Waals surface area contributed by atoms with Crippen LogP contribution in [0.2, 0.25) is 0 Å². The molecule has 1 heterocycles. The van der Waals surface area contributed by atoms with Crippen LogP contribution in [0.15, 0.2) is 24.4 Å². The number of Topliss-reactive ketones (excluding diaryl/α,β-unsaturated/α-hetero) is 1. The summed E-state index contributed by atoms with van der Waals surface area (Å²) < 4.78 is 1.51. The summed E-state index contributed by atoms with van der Waals surface area (Å²) in [4.78, 5) is 12.1. The van der Waals surface area contributed by atoms with E-state index in [9.17, 15) is 4.79 Å². The van der Waals surface area contributed by atoms with Gasteiger partial charge >= 0.3 is 0 Å². The molecule has 88 valence electrons. The van der Waals surface area contributed by atoms with Gasteiger partial charge in [0, 0.05) is 13.5 Å². The Labute approximate surface area is 100 Å². The summed E-state index contributed by atoms with van der Waals surface area (Å²) in [5, 5.41) is 7.48. The number of carbonyl (C=O) groups excluding carboxylic acids is 1. The second-order valence-electron chi connectivity index (χ2n) is 4.27. The number of ketones is 1. The van der Waals surface area contributed by atoms with Crippen molar-refractivity contribution in [2.45, 2.75) is 20.3 Å². The highest BCUT2D eigenvalue weighted by molar-refractivity contribution is 5.95. The Hall–Kier alpha value is -1.97. The number of hydrogen-bond donors (Lipinski definition) is 0. The molecule has 4 heteroatoms. The molecule has 0 saturated heterocycles. The highest BCUT2D eigenvalue weighted by atomic mass is 16.1. The van der Waals surface area contributed by atoms with Gasteiger partial charge in [-0.3, -0.25) is 4.79 Å². The van der Waals surface area contributed by atoms with Gasteiger partial charge in [-0.1, -0.05) is 29.0 Å². The molecule has 4 nitrogen and oxygen atoms in total. The van der Waals surface area contributed by atoms with Gasteiger partial charge < -0.3 is 0 Å². The zero-order chi connectivity index (χ0) is 12.4. The molecule has 0 aliphatic rings. The fourth-order valence-electron chi connectivity index (χ4n) is 1.80. The number of carbonyl (C=O) groups is 1. The van der Waals surface area contributed by atoms with Crippen LogP contribution in [0.1, 0.15) is 27.2 Å². The van der Waals surface area contributed by atoms with Crippen LogP contribution in [-0.2, 0) is 13.5 Å². The minimum atomic E-state index is 0.0474. The monoisotopic (exact) mass is 229 g/mol. The van der Waals surface area contributed by atoms with Crippen LogP contribution < -0.4 is 0 Å². The maximum Gasteiger partial charge on any atom is 0.186 e. The SMILES string of the molecule is Cc1ccc(C)c(CC(=O)c2cnnn2C)c1. The summed E-state index contributed by atoms with van der Waals surface area (Å²) in [5.74, 6) is 0.0474. The maximum absolute atomic E-state index is 12.1. The minimum Gasteiger partial charge on any atom is -0.292 e. The van der Waals surface area contributed by atoms with E-state index >= 15 is 0 Å². The molecule has 1 aromatic heterocycles. The molecule has 0 saturated carbocycles. The van der Waals surface area contributed by atoms with Crippen LogP contribution in [0.3, 0.4) is 0 Å². The molecular formula is C13H15N3O. The molecule has 2 aromatic rings. The van der Waals surface area contributed by atoms with Crippen molar-refractivity contribution in [2.24, 2.45) is 7.05 Å². The van der Waals surface area contributed by atoms with Gasteiger partial charge in [-0.05, 0) is 25.0 Å². The summed E-state index contributed by atoms with van der Waals surface area (Å²) in [5.41, 5.74) is 3.92. The molecule has 0 unspecified atom stereocenters. The molecule has 0 amide bonds. The Balaban J connectivity index is 2.24. The first kappa shape index (κ1) is 11.5. The Morgan fingerprint density at radius 2 is 2.12 bits per heavy atom. The zero-order valence-corrected chi connectivity index (χ0v) is 10.3. The predicted molar refractivity (Wildman–Crippen MR) is 65.0 cm³/mol. The largest absolute Gasteiger partial charge is 0.292 e. The molecule has 2 rings (SSSR count). The second-order valence-corrected chi connectivity index (χ2v) is 4.27. The molecule has 0 N–H and O–H groups in total. The van der Waals surface area contributed by atoms with Gasteiger partial charge in [0.2, 0.25) is 0 Å². The van der Waals surface area contributed by atoms with Crippen LogP contribution >= 0.6 is 0 Å². The van der Waals surface area contributed by atoms with Crippen LogP contribution in [0, 0.1) is 13.8 Å². The quantitative estimate of drug-likeness (QED) is 0.755. The Morgan fingerprint density at radius 3 is 2.76 bits per heavy atom. The molecule has 0 bridgehead atoms. The lowest BCUT2D eigenvalue weighted by atomic mass is 10.00. The summed E-state index contributed by atoms with van der Waals surface area (Å²) in [7, 11) is 1.73. The van der Waals surface area contributed by atoms with Crippen molar-refractivity contribution in [3.63, 3.8) is 0 Å². The van der Waals surface area contributed by atoms with Gasteiger partial charge in [0.25, 0.3) is 0 Å². The molecule has 0 fully saturated rings. The van der Waals surface area contributed by atoms with Crippen LogP contribution in [0.25, 0.3) is 0 Å². The third kappa shape index (κ3) is 2.41. The van der Waals surface area contributed by atoms with Gasteiger partial charge in [-0.2, -0.15) is 0 Å². The standard InChI is InChI=1S/C13H15N3O/c1-9-4-5-10(2)11(6-9)7-13(17)12-8-14-15-16(12)3/h4-6,8H,7H2,1-3H3.